The van der Waals surface area contributed by atoms with Gasteiger partial charge in [0.05, 0.1) is 5.75 Å². The maximum absolute atomic E-state index is 12.0. The third kappa shape index (κ3) is 4.30. The monoisotopic (exact) mass is 378 g/mol. The van der Waals surface area contributed by atoms with Crippen molar-refractivity contribution in [2.75, 3.05) is 5.75 Å². The predicted molar refractivity (Wildman–Crippen MR) is 101 cm³/mol. The van der Waals surface area contributed by atoms with Gasteiger partial charge in [0.15, 0.2) is 0 Å². The largest absolute Gasteiger partial charge is 0.335 e. The molecule has 0 aliphatic heterocycles. The fraction of sp³-hybridized carbons (Fsp3) is 0.529. The van der Waals surface area contributed by atoms with Crippen molar-refractivity contribution in [2.45, 2.75) is 57.0 Å². The Morgan fingerprint density at radius 2 is 2.12 bits per heavy atom. The van der Waals surface area contributed by atoms with Crippen molar-refractivity contribution in [3.05, 3.63) is 16.8 Å². The van der Waals surface area contributed by atoms with Crippen LogP contribution in [0.5, 0.6) is 0 Å². The minimum absolute atomic E-state index is 0.0410. The molecule has 3 rings (SSSR count). The zero-order valence-electron chi connectivity index (χ0n) is 14.4. The maximum atomic E-state index is 12.0. The molecule has 134 valence electrons. The van der Waals surface area contributed by atoms with E-state index in [0.717, 1.165) is 34.5 Å². The number of nitrogens with zero attached hydrogens (tertiary/aromatic N) is 2. The normalized spacial score (nSPS) is 14.8. The molecule has 2 aromatic heterocycles. The summed E-state index contributed by atoms with van der Waals surface area (Å²) < 4.78 is 0. The zero-order chi connectivity index (χ0) is 17.8. The molecular weight excluding hydrogens is 356 g/mol. The van der Waals surface area contributed by atoms with Crippen molar-refractivity contribution in [1.29, 1.82) is 0 Å². The van der Waals surface area contributed by atoms with E-state index in [0.29, 0.717) is 0 Å². The summed E-state index contributed by atoms with van der Waals surface area (Å²) in [5.74, 6) is -0.161. The molecule has 3 amide bonds. The summed E-state index contributed by atoms with van der Waals surface area (Å²) in [4.78, 5) is 34.9. The SMILES string of the molecule is CC[C@H](C)NC(=O)NC(=O)CSc1ncnc2sc3c(c12)CCCC3. The number of imide groups is 1. The molecule has 6 nitrogen and oxygen atoms in total. The first-order valence-corrected chi connectivity index (χ1v) is 10.4. The molecule has 8 heteroatoms. The molecule has 25 heavy (non-hydrogen) atoms. The lowest BCUT2D eigenvalue weighted by molar-refractivity contribution is -0.117. The Balaban J connectivity index is 1.66. The van der Waals surface area contributed by atoms with E-state index in [1.54, 1.807) is 17.7 Å². The first-order valence-electron chi connectivity index (χ1n) is 8.56. The molecule has 1 aliphatic rings. The van der Waals surface area contributed by atoms with Crippen LogP contribution in [0.2, 0.25) is 0 Å². The van der Waals surface area contributed by atoms with Crippen LogP contribution in [-0.2, 0) is 17.6 Å². The number of hydrogen-bond donors (Lipinski definition) is 2. The van der Waals surface area contributed by atoms with Crippen LogP contribution in [0.3, 0.4) is 0 Å². The van der Waals surface area contributed by atoms with Crippen LogP contribution in [0.4, 0.5) is 4.79 Å². The van der Waals surface area contributed by atoms with Gasteiger partial charge in [0.2, 0.25) is 5.91 Å². The second-order valence-electron chi connectivity index (χ2n) is 6.19. The second-order valence-corrected chi connectivity index (χ2v) is 8.24. The minimum atomic E-state index is -0.444. The molecule has 0 unspecified atom stereocenters. The van der Waals surface area contributed by atoms with Gasteiger partial charge in [-0.3, -0.25) is 10.1 Å². The molecule has 1 aliphatic carbocycles. The van der Waals surface area contributed by atoms with Crippen LogP contribution in [0.15, 0.2) is 11.4 Å². The number of urea groups is 1. The molecule has 2 heterocycles. The van der Waals surface area contributed by atoms with Gasteiger partial charge in [0.1, 0.15) is 16.2 Å². The van der Waals surface area contributed by atoms with Gasteiger partial charge in [0, 0.05) is 16.3 Å². The fourth-order valence-corrected chi connectivity index (χ4v) is 4.95. The summed E-state index contributed by atoms with van der Waals surface area (Å²) in [6.45, 7) is 3.88. The van der Waals surface area contributed by atoms with E-state index in [1.807, 2.05) is 13.8 Å². The zero-order valence-corrected chi connectivity index (χ0v) is 16.1. The average molecular weight is 379 g/mol. The van der Waals surface area contributed by atoms with Crippen LogP contribution in [-0.4, -0.2) is 33.7 Å². The van der Waals surface area contributed by atoms with Crippen LogP contribution in [0.1, 0.15) is 43.6 Å². The van der Waals surface area contributed by atoms with Gasteiger partial charge >= 0.3 is 6.03 Å². The van der Waals surface area contributed by atoms with Gasteiger partial charge in [-0.25, -0.2) is 14.8 Å². The number of fused-ring (bicyclic) bond motifs is 3. The average Bonchev–Trinajstić information content (AvgIpc) is 2.98. The van der Waals surface area contributed by atoms with Crippen LogP contribution < -0.4 is 10.6 Å². The minimum Gasteiger partial charge on any atom is -0.335 e. The fourth-order valence-electron chi connectivity index (χ4n) is 2.83. The van der Waals surface area contributed by atoms with Crippen molar-refractivity contribution < 1.29 is 9.59 Å². The third-order valence-electron chi connectivity index (χ3n) is 4.30. The Morgan fingerprint density at radius 1 is 1.32 bits per heavy atom. The molecule has 0 spiro atoms. The standard InChI is InChI=1S/C17H22N4O2S2/c1-3-10(2)20-17(23)21-13(22)8-24-15-14-11-6-4-5-7-12(11)25-16(14)19-9-18-15/h9-10H,3-8H2,1-2H3,(H2,20,21,22,23)/t10-/m0/s1. The number of carbonyl (C=O) groups is 2. The number of hydrogen-bond acceptors (Lipinski definition) is 6. The number of thiophene rings is 1. The Labute approximate surface area is 155 Å². The quantitative estimate of drug-likeness (QED) is 0.616. The van der Waals surface area contributed by atoms with Gasteiger partial charge in [-0.05, 0) is 44.6 Å². The first kappa shape index (κ1) is 18.1. The number of amides is 3. The smallest absolute Gasteiger partial charge is 0.321 e. The van der Waals surface area contributed by atoms with E-state index in [4.69, 9.17) is 0 Å². The molecule has 1 atom stereocenters. The van der Waals surface area contributed by atoms with Gasteiger partial charge in [-0.2, -0.15) is 0 Å². The number of rotatable bonds is 5. The van der Waals surface area contributed by atoms with E-state index in [9.17, 15) is 9.59 Å². The van der Waals surface area contributed by atoms with Crippen molar-refractivity contribution in [2.24, 2.45) is 0 Å². The number of thioether (sulfide) groups is 1. The molecule has 2 N–H and O–H groups in total. The highest BCUT2D eigenvalue weighted by molar-refractivity contribution is 8.00. The van der Waals surface area contributed by atoms with E-state index in [-0.39, 0.29) is 17.7 Å². The van der Waals surface area contributed by atoms with Crippen LogP contribution in [0.25, 0.3) is 10.2 Å². The lowest BCUT2D eigenvalue weighted by Gasteiger charge is -2.12. The number of carbonyl (C=O) groups excluding carboxylic acids is 2. The third-order valence-corrected chi connectivity index (χ3v) is 6.49. The highest BCUT2D eigenvalue weighted by atomic mass is 32.2. The highest BCUT2D eigenvalue weighted by Gasteiger charge is 2.20. The van der Waals surface area contributed by atoms with E-state index < -0.39 is 6.03 Å². The molecule has 0 saturated heterocycles. The first-order chi connectivity index (χ1) is 12.1. The molecule has 0 bridgehead atoms. The lowest BCUT2D eigenvalue weighted by Crippen LogP contribution is -2.43. The topological polar surface area (TPSA) is 84.0 Å². The predicted octanol–water partition coefficient (Wildman–Crippen LogP) is 3.29. The molecule has 0 aromatic carbocycles. The summed E-state index contributed by atoms with van der Waals surface area (Å²) in [5.41, 5.74) is 1.35. The van der Waals surface area contributed by atoms with E-state index in [1.165, 1.54) is 35.0 Å². The number of aryl methyl sites for hydroxylation is 2. The van der Waals surface area contributed by atoms with Crippen molar-refractivity contribution in [1.82, 2.24) is 20.6 Å². The van der Waals surface area contributed by atoms with E-state index in [2.05, 4.69) is 20.6 Å². The van der Waals surface area contributed by atoms with Gasteiger partial charge in [-0.15, -0.1) is 11.3 Å². The van der Waals surface area contributed by atoms with Crippen molar-refractivity contribution in [3.8, 4) is 0 Å². The Kier molecular flexibility index (Phi) is 5.90. The van der Waals surface area contributed by atoms with Gasteiger partial charge in [-0.1, -0.05) is 18.7 Å². The van der Waals surface area contributed by atoms with Crippen molar-refractivity contribution in [3.63, 3.8) is 0 Å². The van der Waals surface area contributed by atoms with Crippen molar-refractivity contribution >= 4 is 45.3 Å². The lowest BCUT2D eigenvalue weighted by atomic mass is 9.97. The van der Waals surface area contributed by atoms with Gasteiger partial charge in [0.25, 0.3) is 0 Å². The molecule has 0 saturated carbocycles. The molecule has 0 fully saturated rings. The van der Waals surface area contributed by atoms with Crippen LogP contribution in [0, 0.1) is 0 Å². The Hall–Kier alpha value is -1.67. The summed E-state index contributed by atoms with van der Waals surface area (Å²) in [7, 11) is 0. The summed E-state index contributed by atoms with van der Waals surface area (Å²) in [5, 5.41) is 7.03. The van der Waals surface area contributed by atoms with Gasteiger partial charge < -0.3 is 5.32 Å². The molecule has 2 aromatic rings. The summed E-state index contributed by atoms with van der Waals surface area (Å²) in [6.07, 6.45) is 6.95. The highest BCUT2D eigenvalue weighted by Crippen LogP contribution is 2.39. The number of nitrogens with one attached hydrogen (secondary N) is 2. The Morgan fingerprint density at radius 3 is 2.92 bits per heavy atom. The summed E-state index contributed by atoms with van der Waals surface area (Å²) >= 11 is 3.10. The molecule has 0 radical (unpaired) electrons. The van der Waals surface area contributed by atoms with E-state index >= 15 is 0 Å². The maximum Gasteiger partial charge on any atom is 0.321 e. The molecular formula is C17H22N4O2S2. The second kappa shape index (κ2) is 8.14. The van der Waals surface area contributed by atoms with Crippen LogP contribution >= 0.6 is 23.1 Å². The summed E-state index contributed by atoms with van der Waals surface area (Å²) in [6, 6.07) is -0.403. The Bertz CT molecular complexity index is 790. The number of aromatic nitrogens is 2.